The molecule has 9 heteroatoms. The molecule has 0 unspecified atom stereocenters. The first-order chi connectivity index (χ1) is 13.9. The fourth-order valence-electron chi connectivity index (χ4n) is 3.31. The number of hydrogen-bond acceptors (Lipinski definition) is 4. The van der Waals surface area contributed by atoms with Gasteiger partial charge in [0, 0.05) is 36.2 Å². The summed E-state index contributed by atoms with van der Waals surface area (Å²) < 4.78 is 53.5. The number of rotatable bonds is 3. The minimum absolute atomic E-state index is 0.0544. The monoisotopic (exact) mass is 421 g/mol. The second-order valence-corrected chi connectivity index (χ2v) is 7.77. The summed E-state index contributed by atoms with van der Waals surface area (Å²) in [5, 5.41) is 9.26. The first kappa shape index (κ1) is 19.5. The molecule has 0 saturated carbocycles. The predicted octanol–water partition coefficient (Wildman–Crippen LogP) is 4.78. The van der Waals surface area contributed by atoms with Gasteiger partial charge in [-0.2, -0.15) is 0 Å². The van der Waals surface area contributed by atoms with Crippen LogP contribution in [0.2, 0.25) is 0 Å². The SMILES string of the molecule is O=C(c1ccc(F)c(F)c1)N1CCC(c2nnc(-c3ccc(F)cc3F)s2)CC1. The summed E-state index contributed by atoms with van der Waals surface area (Å²) in [4.78, 5) is 14.1. The van der Waals surface area contributed by atoms with Crippen LogP contribution in [0.1, 0.15) is 34.1 Å². The second-order valence-electron chi connectivity index (χ2n) is 6.76. The molecule has 150 valence electrons. The number of carbonyl (C=O) groups excluding carboxylic acids is 1. The standard InChI is InChI=1S/C20H15F4N3OS/c21-13-2-3-14(16(23)10-13)19-26-25-18(29-19)11-5-7-27(8-6-11)20(28)12-1-4-15(22)17(24)9-12/h1-4,9-11H,5-8H2. The molecule has 1 amide bonds. The third-order valence-electron chi connectivity index (χ3n) is 4.90. The summed E-state index contributed by atoms with van der Waals surface area (Å²) in [6.07, 6.45) is 1.24. The van der Waals surface area contributed by atoms with E-state index in [9.17, 15) is 22.4 Å². The van der Waals surface area contributed by atoms with Crippen LogP contribution in [0, 0.1) is 23.3 Å². The number of aromatic nitrogens is 2. The van der Waals surface area contributed by atoms with Crippen molar-refractivity contribution in [2.24, 2.45) is 0 Å². The minimum Gasteiger partial charge on any atom is -0.339 e. The molecule has 0 atom stereocenters. The maximum absolute atomic E-state index is 13.9. The number of hydrogen-bond donors (Lipinski definition) is 0. The van der Waals surface area contributed by atoms with Crippen molar-refractivity contribution < 1.29 is 22.4 Å². The Morgan fingerprint density at radius 1 is 0.931 bits per heavy atom. The van der Waals surface area contributed by atoms with Gasteiger partial charge in [0.15, 0.2) is 16.6 Å². The van der Waals surface area contributed by atoms with Gasteiger partial charge in [-0.1, -0.05) is 11.3 Å². The Morgan fingerprint density at radius 2 is 1.69 bits per heavy atom. The van der Waals surface area contributed by atoms with Gasteiger partial charge in [0.05, 0.1) is 0 Å². The summed E-state index contributed by atoms with van der Waals surface area (Å²) in [5.41, 5.74) is 0.299. The summed E-state index contributed by atoms with van der Waals surface area (Å²) in [5.74, 6) is -3.70. The largest absolute Gasteiger partial charge is 0.339 e. The Kier molecular flexibility index (Phi) is 5.31. The molecule has 0 spiro atoms. The topological polar surface area (TPSA) is 46.1 Å². The number of piperidine rings is 1. The molecule has 1 aliphatic rings. The van der Waals surface area contributed by atoms with Crippen molar-refractivity contribution in [1.82, 2.24) is 15.1 Å². The van der Waals surface area contributed by atoms with Gasteiger partial charge in [-0.05, 0) is 43.2 Å². The van der Waals surface area contributed by atoms with Crippen LogP contribution in [0.4, 0.5) is 17.6 Å². The fraction of sp³-hybridized carbons (Fsp3) is 0.250. The molecule has 1 fully saturated rings. The Morgan fingerprint density at radius 3 is 2.38 bits per heavy atom. The highest BCUT2D eigenvalue weighted by Crippen LogP contribution is 2.34. The van der Waals surface area contributed by atoms with Gasteiger partial charge in [-0.15, -0.1) is 10.2 Å². The number of benzene rings is 2. The molecule has 1 aliphatic heterocycles. The first-order valence-corrected chi connectivity index (χ1v) is 9.77. The summed E-state index contributed by atoms with van der Waals surface area (Å²) in [6.45, 7) is 0.866. The van der Waals surface area contributed by atoms with E-state index in [-0.39, 0.29) is 23.0 Å². The third-order valence-corrected chi connectivity index (χ3v) is 6.02. The third kappa shape index (κ3) is 4.00. The van der Waals surface area contributed by atoms with Crippen LogP contribution < -0.4 is 0 Å². The number of nitrogens with zero attached hydrogens (tertiary/aromatic N) is 3. The van der Waals surface area contributed by atoms with Gasteiger partial charge in [0.25, 0.3) is 5.91 Å². The van der Waals surface area contributed by atoms with Gasteiger partial charge < -0.3 is 4.90 Å². The van der Waals surface area contributed by atoms with Crippen LogP contribution in [0.5, 0.6) is 0 Å². The molecular formula is C20H15F4N3OS. The Labute approximate surface area is 167 Å². The normalized spacial score (nSPS) is 15.0. The lowest BCUT2D eigenvalue weighted by atomic mass is 9.97. The number of amides is 1. The quantitative estimate of drug-likeness (QED) is 0.572. The second kappa shape index (κ2) is 7.90. The summed E-state index contributed by atoms with van der Waals surface area (Å²) >= 11 is 1.24. The highest BCUT2D eigenvalue weighted by atomic mass is 32.1. The van der Waals surface area contributed by atoms with E-state index in [2.05, 4.69) is 10.2 Å². The van der Waals surface area contributed by atoms with Crippen LogP contribution in [0.25, 0.3) is 10.6 Å². The highest BCUT2D eigenvalue weighted by molar-refractivity contribution is 7.14. The van der Waals surface area contributed by atoms with E-state index in [1.165, 1.54) is 29.5 Å². The zero-order chi connectivity index (χ0) is 20.5. The van der Waals surface area contributed by atoms with Crippen LogP contribution in [0.3, 0.4) is 0 Å². The average Bonchev–Trinajstić information content (AvgIpc) is 3.19. The van der Waals surface area contributed by atoms with E-state index in [1.807, 2.05) is 0 Å². The van der Waals surface area contributed by atoms with E-state index in [1.54, 1.807) is 4.90 Å². The smallest absolute Gasteiger partial charge is 0.253 e. The van der Waals surface area contributed by atoms with Gasteiger partial charge in [0.1, 0.15) is 16.6 Å². The van der Waals surface area contributed by atoms with Crippen LogP contribution in [-0.2, 0) is 0 Å². The highest BCUT2D eigenvalue weighted by Gasteiger charge is 2.27. The number of likely N-dealkylation sites (tertiary alicyclic amines) is 1. The number of carbonyl (C=O) groups is 1. The molecule has 0 radical (unpaired) electrons. The molecule has 0 N–H and O–H groups in total. The molecule has 0 aliphatic carbocycles. The van der Waals surface area contributed by atoms with Gasteiger partial charge in [-0.3, -0.25) is 4.79 Å². The molecular weight excluding hydrogens is 406 g/mol. The Hall–Kier alpha value is -2.81. The molecule has 3 aromatic rings. The van der Waals surface area contributed by atoms with Crippen molar-refractivity contribution in [3.63, 3.8) is 0 Å². The molecule has 4 rings (SSSR count). The lowest BCUT2D eigenvalue weighted by molar-refractivity contribution is 0.0712. The van der Waals surface area contributed by atoms with Crippen molar-refractivity contribution in [2.75, 3.05) is 13.1 Å². The van der Waals surface area contributed by atoms with Crippen molar-refractivity contribution in [3.8, 4) is 10.6 Å². The average molecular weight is 421 g/mol. The van der Waals surface area contributed by atoms with Gasteiger partial charge in [0.2, 0.25) is 0 Å². The molecule has 1 saturated heterocycles. The van der Waals surface area contributed by atoms with Crippen molar-refractivity contribution in [1.29, 1.82) is 0 Å². The zero-order valence-corrected chi connectivity index (χ0v) is 15.9. The maximum Gasteiger partial charge on any atom is 0.253 e. The van der Waals surface area contributed by atoms with Crippen molar-refractivity contribution in [2.45, 2.75) is 18.8 Å². The van der Waals surface area contributed by atoms with E-state index >= 15 is 0 Å². The summed E-state index contributed by atoms with van der Waals surface area (Å²) in [6, 6.07) is 6.41. The lowest BCUT2D eigenvalue weighted by Crippen LogP contribution is -2.38. The molecule has 0 bridgehead atoms. The maximum atomic E-state index is 13.9. The van der Waals surface area contributed by atoms with Crippen molar-refractivity contribution >= 4 is 17.2 Å². The molecule has 2 aromatic carbocycles. The van der Waals surface area contributed by atoms with Crippen molar-refractivity contribution in [3.05, 3.63) is 70.2 Å². The molecule has 1 aromatic heterocycles. The van der Waals surface area contributed by atoms with E-state index < -0.39 is 23.3 Å². The molecule has 2 heterocycles. The fourth-order valence-corrected chi connectivity index (χ4v) is 4.35. The Balaban J connectivity index is 1.43. The van der Waals surface area contributed by atoms with Crippen LogP contribution in [-0.4, -0.2) is 34.1 Å². The predicted molar refractivity (Wildman–Crippen MR) is 99.5 cm³/mol. The molecule has 29 heavy (non-hydrogen) atoms. The Bertz CT molecular complexity index is 1060. The van der Waals surface area contributed by atoms with E-state index in [4.69, 9.17) is 0 Å². The number of halogens is 4. The van der Waals surface area contributed by atoms with Gasteiger partial charge >= 0.3 is 0 Å². The van der Waals surface area contributed by atoms with E-state index in [0.717, 1.165) is 23.2 Å². The summed E-state index contributed by atoms with van der Waals surface area (Å²) in [7, 11) is 0. The van der Waals surface area contributed by atoms with Crippen LogP contribution >= 0.6 is 11.3 Å². The lowest BCUT2D eigenvalue weighted by Gasteiger charge is -2.31. The minimum atomic E-state index is -1.06. The van der Waals surface area contributed by atoms with E-state index in [0.29, 0.717) is 30.9 Å². The first-order valence-electron chi connectivity index (χ1n) is 8.95. The van der Waals surface area contributed by atoms with Gasteiger partial charge in [-0.25, -0.2) is 17.6 Å². The van der Waals surface area contributed by atoms with Crippen LogP contribution in [0.15, 0.2) is 36.4 Å². The zero-order valence-electron chi connectivity index (χ0n) is 15.0. The molecule has 4 nitrogen and oxygen atoms in total.